The largest absolute Gasteiger partial charge is 0.514 e. The molecule has 0 aromatic carbocycles. The second-order valence-corrected chi connectivity index (χ2v) is 8.65. The van der Waals surface area contributed by atoms with E-state index in [0.29, 0.717) is 0 Å². The van der Waals surface area contributed by atoms with Crippen LogP contribution in [-0.2, 0) is 13.3 Å². The first-order valence-electron chi connectivity index (χ1n) is 6.40. The first-order chi connectivity index (χ1) is 8.70. The van der Waals surface area contributed by atoms with E-state index < -0.39 is 8.80 Å². The van der Waals surface area contributed by atoms with E-state index in [9.17, 15) is 0 Å². The topological polar surface area (TPSA) is 51.5 Å². The lowest BCUT2D eigenvalue weighted by molar-refractivity contribution is 0.120. The van der Waals surface area contributed by atoms with Gasteiger partial charge in [0.25, 0.3) is 0 Å². The molecule has 0 saturated carbocycles. The summed E-state index contributed by atoms with van der Waals surface area (Å²) < 4.78 is 16.4. The Morgan fingerprint density at radius 3 is 2.06 bits per heavy atom. The van der Waals surface area contributed by atoms with E-state index in [0.717, 1.165) is 12.8 Å². The molecule has 0 fully saturated rings. The van der Waals surface area contributed by atoms with Crippen LogP contribution >= 0.6 is 11.8 Å². The number of thioether (sulfide) groups is 1. The Labute approximate surface area is 116 Å². The van der Waals surface area contributed by atoms with Gasteiger partial charge in [-0.1, -0.05) is 39.0 Å². The van der Waals surface area contributed by atoms with Crippen LogP contribution in [0.15, 0.2) is 0 Å². The molecule has 18 heavy (non-hydrogen) atoms. The highest BCUT2D eigenvalue weighted by Crippen LogP contribution is 2.28. The minimum absolute atomic E-state index is 0.00382. The van der Waals surface area contributed by atoms with Crippen LogP contribution in [0.5, 0.6) is 0 Å². The first kappa shape index (κ1) is 17.9. The van der Waals surface area contributed by atoms with Gasteiger partial charge in [0.1, 0.15) is 5.40 Å². The smallest absolute Gasteiger partial charge is 0.376 e. The van der Waals surface area contributed by atoms with Crippen LogP contribution in [-0.4, -0.2) is 35.0 Å². The Morgan fingerprint density at radius 1 is 1.06 bits per heavy atom. The molecule has 0 radical (unpaired) electrons. The number of nitriles is 1. The fourth-order valence-electron chi connectivity index (χ4n) is 1.95. The van der Waals surface area contributed by atoms with E-state index in [-0.39, 0.29) is 4.87 Å². The van der Waals surface area contributed by atoms with Gasteiger partial charge in [-0.05, 0) is 18.2 Å². The number of hydrogen-bond acceptors (Lipinski definition) is 5. The SMILES string of the molecule is CCCCCCCC(SC#N)[Si](OC)(OC)OC. The van der Waals surface area contributed by atoms with E-state index in [1.54, 1.807) is 21.3 Å². The van der Waals surface area contributed by atoms with Gasteiger partial charge < -0.3 is 13.3 Å². The lowest BCUT2D eigenvalue weighted by Crippen LogP contribution is -2.52. The average molecular weight is 291 g/mol. The lowest BCUT2D eigenvalue weighted by Gasteiger charge is -2.30. The normalized spacial score (nSPS) is 13.3. The molecule has 0 aromatic rings. The zero-order valence-corrected chi connectivity index (χ0v) is 13.7. The van der Waals surface area contributed by atoms with Crippen LogP contribution in [0.3, 0.4) is 0 Å². The molecular formula is C12H25NO3SSi. The van der Waals surface area contributed by atoms with Crippen molar-refractivity contribution in [2.24, 2.45) is 0 Å². The van der Waals surface area contributed by atoms with Gasteiger partial charge in [-0.3, -0.25) is 0 Å². The van der Waals surface area contributed by atoms with Crippen LogP contribution in [0.2, 0.25) is 0 Å². The second-order valence-electron chi connectivity index (χ2n) is 4.12. The van der Waals surface area contributed by atoms with Gasteiger partial charge in [0.2, 0.25) is 0 Å². The van der Waals surface area contributed by atoms with Gasteiger partial charge in [0.05, 0.1) is 4.87 Å². The van der Waals surface area contributed by atoms with Gasteiger partial charge in [-0.2, -0.15) is 5.26 Å². The minimum Gasteiger partial charge on any atom is -0.376 e. The van der Waals surface area contributed by atoms with Crippen molar-refractivity contribution in [3.8, 4) is 5.40 Å². The standard InChI is InChI=1S/C12H25NO3SSi/c1-5-6-7-8-9-10-12(17-11-13)18(14-2,15-3)16-4/h12H,5-10H2,1-4H3. The molecule has 1 unspecified atom stereocenters. The molecule has 0 aliphatic heterocycles. The van der Waals surface area contributed by atoms with Crippen molar-refractivity contribution in [2.75, 3.05) is 21.3 Å². The molecule has 0 N–H and O–H groups in total. The van der Waals surface area contributed by atoms with Crippen molar-refractivity contribution in [1.29, 1.82) is 5.26 Å². The Kier molecular flexibility index (Phi) is 10.8. The van der Waals surface area contributed by atoms with Gasteiger partial charge in [0.15, 0.2) is 0 Å². The summed E-state index contributed by atoms with van der Waals surface area (Å²) in [4.78, 5) is 0.00382. The summed E-state index contributed by atoms with van der Waals surface area (Å²) in [6, 6.07) is 0. The molecule has 0 amide bonds. The van der Waals surface area contributed by atoms with Crippen molar-refractivity contribution < 1.29 is 13.3 Å². The van der Waals surface area contributed by atoms with Crippen LogP contribution < -0.4 is 0 Å². The summed E-state index contributed by atoms with van der Waals surface area (Å²) in [5.41, 5.74) is 0. The van der Waals surface area contributed by atoms with Gasteiger partial charge in [-0.25, -0.2) is 0 Å². The highest BCUT2D eigenvalue weighted by Gasteiger charge is 2.47. The third-order valence-electron chi connectivity index (χ3n) is 3.01. The third kappa shape index (κ3) is 5.72. The highest BCUT2D eigenvalue weighted by atomic mass is 32.2. The molecule has 0 aromatic heterocycles. The summed E-state index contributed by atoms with van der Waals surface area (Å²) in [5.74, 6) is 0. The maximum atomic E-state index is 8.90. The van der Waals surface area contributed by atoms with Gasteiger partial charge in [0, 0.05) is 21.3 Å². The van der Waals surface area contributed by atoms with Crippen LogP contribution in [0.25, 0.3) is 0 Å². The fourth-order valence-corrected chi connectivity index (χ4v) is 5.81. The maximum Gasteiger partial charge on any atom is 0.514 e. The van der Waals surface area contributed by atoms with Crippen LogP contribution in [0, 0.1) is 10.7 Å². The Bertz CT molecular complexity index is 236. The molecule has 106 valence electrons. The molecular weight excluding hydrogens is 266 g/mol. The monoisotopic (exact) mass is 291 g/mol. The molecule has 0 rings (SSSR count). The second kappa shape index (κ2) is 10.8. The molecule has 0 bridgehead atoms. The van der Waals surface area contributed by atoms with Crippen molar-refractivity contribution >= 4 is 20.6 Å². The van der Waals surface area contributed by atoms with Crippen molar-refractivity contribution in [3.63, 3.8) is 0 Å². The minimum atomic E-state index is -2.70. The number of rotatable bonds is 11. The van der Waals surface area contributed by atoms with E-state index in [1.165, 1.54) is 37.4 Å². The van der Waals surface area contributed by atoms with E-state index in [4.69, 9.17) is 18.5 Å². The fraction of sp³-hybridized carbons (Fsp3) is 0.917. The molecule has 1 atom stereocenters. The Hall–Kier alpha value is -0.0631. The predicted octanol–water partition coefficient (Wildman–Crippen LogP) is 3.35. The van der Waals surface area contributed by atoms with Gasteiger partial charge in [-0.15, -0.1) is 0 Å². The van der Waals surface area contributed by atoms with E-state index in [1.807, 2.05) is 0 Å². The highest BCUT2D eigenvalue weighted by molar-refractivity contribution is 8.05. The summed E-state index contributed by atoms with van der Waals surface area (Å²) in [6.07, 6.45) is 6.95. The van der Waals surface area contributed by atoms with Crippen molar-refractivity contribution in [2.45, 2.75) is 50.3 Å². The average Bonchev–Trinajstić information content (AvgIpc) is 2.41. The quantitative estimate of drug-likeness (QED) is 0.332. The van der Waals surface area contributed by atoms with Crippen molar-refractivity contribution in [3.05, 3.63) is 0 Å². The van der Waals surface area contributed by atoms with Crippen LogP contribution in [0.1, 0.15) is 45.4 Å². The van der Waals surface area contributed by atoms with E-state index in [2.05, 4.69) is 12.3 Å². The molecule has 0 aliphatic rings. The maximum absolute atomic E-state index is 8.90. The Balaban J connectivity index is 4.31. The third-order valence-corrected chi connectivity index (χ3v) is 7.64. The summed E-state index contributed by atoms with van der Waals surface area (Å²) >= 11 is 1.21. The zero-order valence-electron chi connectivity index (χ0n) is 11.9. The van der Waals surface area contributed by atoms with Crippen molar-refractivity contribution in [1.82, 2.24) is 0 Å². The molecule has 0 heterocycles. The molecule has 0 saturated heterocycles. The number of nitrogens with zero attached hydrogens (tertiary/aromatic N) is 1. The molecule has 4 nitrogen and oxygen atoms in total. The lowest BCUT2D eigenvalue weighted by atomic mass is 10.1. The van der Waals surface area contributed by atoms with Gasteiger partial charge >= 0.3 is 8.80 Å². The zero-order chi connectivity index (χ0) is 13.9. The number of unbranched alkanes of at least 4 members (excludes halogenated alkanes) is 4. The number of thiocyanates is 1. The summed E-state index contributed by atoms with van der Waals surface area (Å²) in [5, 5.41) is 11.0. The van der Waals surface area contributed by atoms with E-state index >= 15 is 0 Å². The Morgan fingerprint density at radius 2 is 1.61 bits per heavy atom. The first-order valence-corrected chi connectivity index (χ1v) is 9.09. The number of hydrogen-bond donors (Lipinski definition) is 0. The van der Waals surface area contributed by atoms with Crippen LogP contribution in [0.4, 0.5) is 0 Å². The molecule has 0 aliphatic carbocycles. The summed E-state index contributed by atoms with van der Waals surface area (Å²) in [6.45, 7) is 2.20. The predicted molar refractivity (Wildman–Crippen MR) is 77.1 cm³/mol. The molecule has 0 spiro atoms. The summed E-state index contributed by atoms with van der Waals surface area (Å²) in [7, 11) is 2.10. The molecule has 6 heteroatoms.